The Morgan fingerprint density at radius 3 is 2.48 bits per heavy atom. The van der Waals surface area contributed by atoms with Crippen LogP contribution in [0.5, 0.6) is 0 Å². The van der Waals surface area contributed by atoms with Crippen LogP contribution < -0.4 is 11.1 Å². The molecule has 2 fully saturated rings. The van der Waals surface area contributed by atoms with E-state index >= 15 is 0 Å². The number of nitrogens with zero attached hydrogens (tertiary/aromatic N) is 1. The summed E-state index contributed by atoms with van der Waals surface area (Å²) in [6, 6.07) is 6.08. The van der Waals surface area contributed by atoms with Crippen LogP contribution in [0.2, 0.25) is 0 Å². The van der Waals surface area contributed by atoms with Gasteiger partial charge in [-0.1, -0.05) is 12.5 Å². The third kappa shape index (κ3) is 4.59. The largest absolute Gasteiger partial charge is 0.348 e. The van der Waals surface area contributed by atoms with Crippen LogP contribution in [0.1, 0.15) is 50.8 Å². The molecule has 1 heterocycles. The zero-order chi connectivity index (χ0) is 14.8. The summed E-state index contributed by atoms with van der Waals surface area (Å²) in [5, 5.41) is 3.13. The van der Waals surface area contributed by atoms with Crippen molar-refractivity contribution in [2.24, 2.45) is 23.5 Å². The zero-order valence-corrected chi connectivity index (χ0v) is 15.1. The highest BCUT2D eigenvalue weighted by molar-refractivity contribution is 5.85. The van der Waals surface area contributed by atoms with Crippen molar-refractivity contribution in [1.82, 2.24) is 10.3 Å². The van der Waals surface area contributed by atoms with E-state index in [9.17, 15) is 4.79 Å². The van der Waals surface area contributed by atoms with E-state index in [4.69, 9.17) is 5.73 Å². The van der Waals surface area contributed by atoms with Crippen molar-refractivity contribution >= 4 is 30.7 Å². The summed E-state index contributed by atoms with van der Waals surface area (Å²) in [5.41, 5.74) is 7.21. The van der Waals surface area contributed by atoms with Gasteiger partial charge in [0, 0.05) is 18.2 Å². The van der Waals surface area contributed by atoms with Crippen molar-refractivity contribution in [2.45, 2.75) is 51.1 Å². The summed E-state index contributed by atoms with van der Waals surface area (Å²) in [4.78, 5) is 16.9. The molecule has 0 aliphatic heterocycles. The molecule has 130 valence electrons. The number of aromatic nitrogens is 1. The minimum absolute atomic E-state index is 0. The lowest BCUT2D eigenvalue weighted by atomic mass is 9.65. The number of carbonyl (C=O) groups is 1. The maximum absolute atomic E-state index is 12.5. The Labute approximate surface area is 150 Å². The normalized spacial score (nSPS) is 30.3. The van der Waals surface area contributed by atoms with E-state index < -0.39 is 0 Å². The molecule has 1 aromatic rings. The SMILES string of the molecule is CC(NC(=O)C1CC2CCCC(C1)C2N)c1ccccn1.Cl.Cl. The summed E-state index contributed by atoms with van der Waals surface area (Å²) in [5.74, 6) is 1.39. The lowest BCUT2D eigenvalue weighted by molar-refractivity contribution is -0.128. The van der Waals surface area contributed by atoms with E-state index in [2.05, 4.69) is 10.3 Å². The number of nitrogens with two attached hydrogens (primary N) is 1. The van der Waals surface area contributed by atoms with Crippen LogP contribution in [0.25, 0.3) is 0 Å². The summed E-state index contributed by atoms with van der Waals surface area (Å²) in [6.45, 7) is 2.00. The summed E-state index contributed by atoms with van der Waals surface area (Å²) >= 11 is 0. The van der Waals surface area contributed by atoms with Crippen LogP contribution in [0.4, 0.5) is 0 Å². The van der Waals surface area contributed by atoms with Crippen LogP contribution >= 0.6 is 24.8 Å². The number of carbonyl (C=O) groups excluding carboxylic acids is 1. The lowest BCUT2D eigenvalue weighted by Crippen LogP contribution is -2.49. The Kier molecular flexibility index (Phi) is 7.78. The lowest BCUT2D eigenvalue weighted by Gasteiger charge is -2.43. The average molecular weight is 360 g/mol. The molecule has 2 aliphatic rings. The molecule has 3 atom stereocenters. The van der Waals surface area contributed by atoms with Gasteiger partial charge in [0.05, 0.1) is 11.7 Å². The first-order valence-corrected chi connectivity index (χ1v) is 8.12. The Morgan fingerprint density at radius 2 is 1.91 bits per heavy atom. The standard InChI is InChI=1S/C17H25N3O.2ClH/c1-11(15-7-2-3-8-19-15)20-17(21)14-9-12-5-4-6-13(10-14)16(12)18;;/h2-3,7-8,11-14,16H,4-6,9-10,18H2,1H3,(H,20,21);2*1H. The Hall–Kier alpha value is -0.840. The van der Waals surface area contributed by atoms with Crippen LogP contribution in [-0.4, -0.2) is 16.9 Å². The molecular formula is C17H27Cl2N3O. The van der Waals surface area contributed by atoms with Crippen LogP contribution in [-0.2, 0) is 4.79 Å². The predicted octanol–water partition coefficient (Wildman–Crippen LogP) is 3.26. The third-order valence-corrected chi connectivity index (χ3v) is 5.27. The molecule has 3 rings (SSSR count). The maximum atomic E-state index is 12.5. The molecule has 3 unspecified atom stereocenters. The van der Waals surface area contributed by atoms with Gasteiger partial charge in [-0.15, -0.1) is 24.8 Å². The molecule has 1 amide bonds. The molecule has 0 saturated heterocycles. The van der Waals surface area contributed by atoms with E-state index in [1.54, 1.807) is 6.20 Å². The molecule has 1 aromatic heterocycles. The van der Waals surface area contributed by atoms with Crippen LogP contribution in [0, 0.1) is 17.8 Å². The molecule has 0 spiro atoms. The van der Waals surface area contributed by atoms with Crippen molar-refractivity contribution in [3.05, 3.63) is 30.1 Å². The number of halogens is 2. The molecule has 3 N–H and O–H groups in total. The number of amides is 1. The topological polar surface area (TPSA) is 68.0 Å². The van der Waals surface area contributed by atoms with Crippen molar-refractivity contribution < 1.29 is 4.79 Å². The highest BCUT2D eigenvalue weighted by Crippen LogP contribution is 2.42. The minimum atomic E-state index is -0.0332. The molecule has 0 radical (unpaired) electrons. The number of hydrogen-bond donors (Lipinski definition) is 2. The Bertz CT molecular complexity index is 486. The van der Waals surface area contributed by atoms with Crippen molar-refractivity contribution in [3.63, 3.8) is 0 Å². The Balaban J connectivity index is 0.00000132. The van der Waals surface area contributed by atoms with E-state index in [0.29, 0.717) is 17.9 Å². The second-order valence-electron chi connectivity index (χ2n) is 6.68. The van der Waals surface area contributed by atoms with E-state index in [1.807, 2.05) is 25.1 Å². The van der Waals surface area contributed by atoms with Crippen molar-refractivity contribution in [1.29, 1.82) is 0 Å². The highest BCUT2D eigenvalue weighted by atomic mass is 35.5. The van der Waals surface area contributed by atoms with E-state index in [-0.39, 0.29) is 42.7 Å². The number of pyridine rings is 1. The molecule has 0 aromatic carbocycles. The molecular weight excluding hydrogens is 333 g/mol. The number of nitrogens with one attached hydrogen (secondary N) is 1. The number of rotatable bonds is 3. The number of fused-ring (bicyclic) bond motifs is 2. The second-order valence-corrected chi connectivity index (χ2v) is 6.68. The van der Waals surface area contributed by atoms with Crippen molar-refractivity contribution in [3.8, 4) is 0 Å². The monoisotopic (exact) mass is 359 g/mol. The van der Waals surface area contributed by atoms with Gasteiger partial charge in [0.15, 0.2) is 0 Å². The fourth-order valence-electron chi connectivity index (χ4n) is 4.04. The summed E-state index contributed by atoms with van der Waals surface area (Å²) in [7, 11) is 0. The number of hydrogen-bond acceptors (Lipinski definition) is 3. The molecule has 2 saturated carbocycles. The van der Waals surface area contributed by atoms with E-state index in [0.717, 1.165) is 18.5 Å². The van der Waals surface area contributed by atoms with E-state index in [1.165, 1.54) is 19.3 Å². The smallest absolute Gasteiger partial charge is 0.223 e. The van der Waals surface area contributed by atoms with Crippen LogP contribution in [0.3, 0.4) is 0 Å². The van der Waals surface area contributed by atoms with Gasteiger partial charge in [-0.25, -0.2) is 0 Å². The van der Waals surface area contributed by atoms with Crippen LogP contribution in [0.15, 0.2) is 24.4 Å². The fourth-order valence-corrected chi connectivity index (χ4v) is 4.04. The molecule has 6 heteroatoms. The van der Waals surface area contributed by atoms with Gasteiger partial charge in [0.25, 0.3) is 0 Å². The van der Waals surface area contributed by atoms with Gasteiger partial charge >= 0.3 is 0 Å². The van der Waals surface area contributed by atoms with Gasteiger partial charge in [0.2, 0.25) is 5.91 Å². The first-order chi connectivity index (χ1) is 10.1. The molecule has 2 bridgehead atoms. The maximum Gasteiger partial charge on any atom is 0.223 e. The third-order valence-electron chi connectivity index (χ3n) is 5.27. The quantitative estimate of drug-likeness (QED) is 0.869. The zero-order valence-electron chi connectivity index (χ0n) is 13.5. The van der Waals surface area contributed by atoms with Crippen molar-refractivity contribution in [2.75, 3.05) is 0 Å². The van der Waals surface area contributed by atoms with Gasteiger partial charge < -0.3 is 11.1 Å². The first-order valence-electron chi connectivity index (χ1n) is 8.12. The molecule has 23 heavy (non-hydrogen) atoms. The molecule has 4 nitrogen and oxygen atoms in total. The average Bonchev–Trinajstić information content (AvgIpc) is 2.47. The highest BCUT2D eigenvalue weighted by Gasteiger charge is 2.40. The molecule has 2 aliphatic carbocycles. The summed E-state index contributed by atoms with van der Waals surface area (Å²) in [6.07, 6.45) is 7.34. The van der Waals surface area contributed by atoms with Gasteiger partial charge in [0.1, 0.15) is 0 Å². The van der Waals surface area contributed by atoms with Gasteiger partial charge in [-0.2, -0.15) is 0 Å². The second kappa shape index (κ2) is 8.86. The fraction of sp³-hybridized carbons (Fsp3) is 0.647. The first kappa shape index (κ1) is 20.2. The Morgan fingerprint density at radius 1 is 1.26 bits per heavy atom. The van der Waals surface area contributed by atoms with Gasteiger partial charge in [-0.05, 0) is 56.6 Å². The van der Waals surface area contributed by atoms with Gasteiger partial charge in [-0.3, -0.25) is 9.78 Å². The predicted molar refractivity (Wildman–Crippen MR) is 96.8 cm³/mol. The minimum Gasteiger partial charge on any atom is -0.348 e. The summed E-state index contributed by atoms with van der Waals surface area (Å²) < 4.78 is 0.